The van der Waals surface area contributed by atoms with E-state index >= 15 is 0 Å². The summed E-state index contributed by atoms with van der Waals surface area (Å²) in [5.41, 5.74) is -0.469. The molecule has 0 aliphatic rings. The van der Waals surface area contributed by atoms with Crippen molar-refractivity contribution in [3.63, 3.8) is 0 Å². The molecule has 2 N–H and O–H groups in total. The van der Waals surface area contributed by atoms with E-state index in [2.05, 4.69) is 20.6 Å². The molecule has 1 rings (SSSR count). The fraction of sp³-hybridized carbons (Fsp3) is 0.556. The second-order valence-electron chi connectivity index (χ2n) is 3.51. The molecule has 10 heteroatoms. The van der Waals surface area contributed by atoms with Crippen LogP contribution in [0.4, 0.5) is 30.6 Å². The van der Waals surface area contributed by atoms with Crippen molar-refractivity contribution in [2.45, 2.75) is 19.5 Å². The maximum atomic E-state index is 12.0. The van der Waals surface area contributed by atoms with Crippen LogP contribution < -0.4 is 10.6 Å². The molecule has 0 saturated heterocycles. The molecule has 1 aromatic rings. The molecule has 0 fully saturated rings. The molecule has 0 saturated carbocycles. The molecule has 0 aromatic carbocycles. The predicted octanol–water partition coefficient (Wildman–Crippen LogP) is 2.18. The van der Waals surface area contributed by atoms with Crippen LogP contribution in [0, 0.1) is 10.1 Å². The number of hydrogen-bond donors (Lipinski definition) is 2. The van der Waals surface area contributed by atoms with Gasteiger partial charge in [-0.1, -0.05) is 0 Å². The van der Waals surface area contributed by atoms with Crippen LogP contribution in [-0.4, -0.2) is 34.2 Å². The predicted molar refractivity (Wildman–Crippen MR) is 62.0 cm³/mol. The quantitative estimate of drug-likeness (QED) is 0.612. The van der Waals surface area contributed by atoms with Crippen LogP contribution in [0.15, 0.2) is 6.20 Å². The minimum absolute atomic E-state index is 0.114. The smallest absolute Gasteiger partial charge is 0.364 e. The molecule has 0 aliphatic carbocycles. The summed E-state index contributed by atoms with van der Waals surface area (Å²) in [6.07, 6.45) is -4.50. The number of nitrogens with one attached hydrogen (secondary N) is 2. The Morgan fingerprint density at radius 1 is 1.42 bits per heavy atom. The van der Waals surface area contributed by atoms with Crippen LogP contribution in [0.3, 0.4) is 0 Å². The molecule has 0 atom stereocenters. The molecule has 0 amide bonds. The van der Waals surface area contributed by atoms with Gasteiger partial charge in [-0.2, -0.15) is 18.2 Å². The first kappa shape index (κ1) is 14.9. The maximum absolute atomic E-state index is 12.0. The van der Waals surface area contributed by atoms with E-state index in [1.165, 1.54) is 0 Å². The van der Waals surface area contributed by atoms with Crippen LogP contribution in [0.5, 0.6) is 0 Å². The summed E-state index contributed by atoms with van der Waals surface area (Å²) < 4.78 is 36.0. The van der Waals surface area contributed by atoms with Crippen LogP contribution in [0.25, 0.3) is 0 Å². The summed E-state index contributed by atoms with van der Waals surface area (Å²) in [6, 6.07) is 0. The third-order valence-corrected chi connectivity index (χ3v) is 2.00. The number of nitro groups is 1. The van der Waals surface area contributed by atoms with E-state index < -0.39 is 29.8 Å². The number of rotatable bonds is 6. The Labute approximate surface area is 106 Å². The van der Waals surface area contributed by atoms with E-state index in [0.717, 1.165) is 6.20 Å². The molecular weight excluding hydrogens is 267 g/mol. The first-order valence-electron chi connectivity index (χ1n) is 5.39. The van der Waals surface area contributed by atoms with Crippen LogP contribution >= 0.6 is 0 Å². The minimum Gasteiger partial charge on any atom is -0.364 e. The van der Waals surface area contributed by atoms with E-state index in [1.54, 1.807) is 6.92 Å². The molecule has 0 radical (unpaired) electrons. The Hall–Kier alpha value is -2.13. The molecule has 1 heterocycles. The topological polar surface area (TPSA) is 93.0 Å². The van der Waals surface area contributed by atoms with Crippen molar-refractivity contribution in [1.29, 1.82) is 0 Å². The molecule has 19 heavy (non-hydrogen) atoms. The Balaban J connectivity index is 2.82. The fourth-order valence-corrected chi connectivity index (χ4v) is 1.21. The van der Waals surface area contributed by atoms with Gasteiger partial charge in [-0.3, -0.25) is 10.1 Å². The molecule has 0 aliphatic heterocycles. The lowest BCUT2D eigenvalue weighted by molar-refractivity contribution is -0.384. The number of aromatic nitrogens is 2. The van der Waals surface area contributed by atoms with Gasteiger partial charge in [0.05, 0.1) is 11.3 Å². The standard InChI is InChI=1S/C9H12F3N5O2/c1-2-13-8-15-5-6(17(18)19)7(16-8)14-4-3-9(10,11)12/h5H,2-4H2,1H3,(H2,13,14,15,16). The molecule has 106 valence electrons. The second kappa shape index (κ2) is 6.16. The van der Waals surface area contributed by atoms with Gasteiger partial charge >= 0.3 is 11.9 Å². The normalized spacial score (nSPS) is 11.2. The van der Waals surface area contributed by atoms with Gasteiger partial charge in [0.1, 0.15) is 6.20 Å². The van der Waals surface area contributed by atoms with E-state index in [1.807, 2.05) is 0 Å². The average molecular weight is 279 g/mol. The zero-order valence-electron chi connectivity index (χ0n) is 9.99. The highest BCUT2D eigenvalue weighted by Gasteiger charge is 2.27. The van der Waals surface area contributed by atoms with Crippen LogP contribution in [-0.2, 0) is 0 Å². The zero-order chi connectivity index (χ0) is 14.5. The maximum Gasteiger partial charge on any atom is 0.390 e. The van der Waals surface area contributed by atoms with E-state index in [0.29, 0.717) is 6.54 Å². The van der Waals surface area contributed by atoms with Gasteiger partial charge in [0.2, 0.25) is 11.8 Å². The zero-order valence-corrected chi connectivity index (χ0v) is 9.99. The Morgan fingerprint density at radius 2 is 2.11 bits per heavy atom. The molecule has 0 spiro atoms. The first-order valence-corrected chi connectivity index (χ1v) is 5.39. The summed E-state index contributed by atoms with van der Waals surface area (Å²) in [5.74, 6) is -0.122. The lowest BCUT2D eigenvalue weighted by Gasteiger charge is -2.09. The number of anilines is 2. The second-order valence-corrected chi connectivity index (χ2v) is 3.51. The van der Waals surface area contributed by atoms with Gasteiger partial charge < -0.3 is 10.6 Å². The third kappa shape index (κ3) is 4.94. The van der Waals surface area contributed by atoms with E-state index in [-0.39, 0.29) is 11.8 Å². The van der Waals surface area contributed by atoms with Crippen LogP contribution in [0.2, 0.25) is 0 Å². The fourth-order valence-electron chi connectivity index (χ4n) is 1.21. The highest BCUT2D eigenvalue weighted by molar-refractivity contribution is 5.56. The summed E-state index contributed by atoms with van der Waals surface area (Å²) >= 11 is 0. The summed E-state index contributed by atoms with van der Waals surface area (Å²) in [7, 11) is 0. The van der Waals surface area contributed by atoms with E-state index in [9.17, 15) is 23.3 Å². The third-order valence-electron chi connectivity index (χ3n) is 2.00. The number of alkyl halides is 3. The average Bonchev–Trinajstić information content (AvgIpc) is 2.27. The first-order chi connectivity index (χ1) is 8.83. The van der Waals surface area contributed by atoms with E-state index in [4.69, 9.17) is 0 Å². The van der Waals surface area contributed by atoms with Gasteiger partial charge in [-0.05, 0) is 6.92 Å². The van der Waals surface area contributed by atoms with Crippen molar-refractivity contribution in [3.05, 3.63) is 16.3 Å². The van der Waals surface area contributed by atoms with Crippen molar-refractivity contribution in [2.24, 2.45) is 0 Å². The Morgan fingerprint density at radius 3 is 2.63 bits per heavy atom. The number of nitrogens with zero attached hydrogens (tertiary/aromatic N) is 3. The minimum atomic E-state index is -4.33. The van der Waals surface area contributed by atoms with Gasteiger partial charge in [-0.25, -0.2) is 4.98 Å². The number of halogens is 3. The lowest BCUT2D eigenvalue weighted by Crippen LogP contribution is -2.16. The summed E-state index contributed by atoms with van der Waals surface area (Å²) in [4.78, 5) is 17.4. The van der Waals surface area contributed by atoms with Gasteiger partial charge in [-0.15, -0.1) is 0 Å². The van der Waals surface area contributed by atoms with Gasteiger partial charge in [0, 0.05) is 13.1 Å². The SMILES string of the molecule is CCNc1ncc([N+](=O)[O-])c(NCCC(F)(F)F)n1. The molecular formula is C9H12F3N5O2. The Bertz CT molecular complexity index is 452. The number of hydrogen-bond acceptors (Lipinski definition) is 6. The van der Waals surface area contributed by atoms with Crippen molar-refractivity contribution in [1.82, 2.24) is 9.97 Å². The molecule has 1 aromatic heterocycles. The van der Waals surface area contributed by atoms with Crippen molar-refractivity contribution >= 4 is 17.5 Å². The van der Waals surface area contributed by atoms with Crippen molar-refractivity contribution in [2.75, 3.05) is 23.7 Å². The summed E-state index contributed by atoms with van der Waals surface area (Å²) in [5, 5.41) is 15.7. The van der Waals surface area contributed by atoms with Gasteiger partial charge in [0.25, 0.3) is 0 Å². The Kier molecular flexibility index (Phi) is 4.84. The highest BCUT2D eigenvalue weighted by atomic mass is 19.4. The monoisotopic (exact) mass is 279 g/mol. The molecule has 0 bridgehead atoms. The molecule has 7 nitrogen and oxygen atoms in total. The van der Waals surface area contributed by atoms with Crippen molar-refractivity contribution < 1.29 is 18.1 Å². The van der Waals surface area contributed by atoms with Crippen LogP contribution in [0.1, 0.15) is 13.3 Å². The molecule has 0 unspecified atom stereocenters. The lowest BCUT2D eigenvalue weighted by atomic mass is 10.4. The highest BCUT2D eigenvalue weighted by Crippen LogP contribution is 2.24. The van der Waals surface area contributed by atoms with Crippen molar-refractivity contribution in [3.8, 4) is 0 Å². The van der Waals surface area contributed by atoms with Gasteiger partial charge in [0.15, 0.2) is 0 Å². The summed E-state index contributed by atoms with van der Waals surface area (Å²) in [6.45, 7) is 1.76. The largest absolute Gasteiger partial charge is 0.390 e.